The third kappa shape index (κ3) is 4.60. The number of para-hydroxylation sites is 1. The molecule has 0 radical (unpaired) electrons. The minimum Gasteiger partial charge on any atom is -0.497 e. The second kappa shape index (κ2) is 10.5. The van der Waals surface area contributed by atoms with Gasteiger partial charge in [0.15, 0.2) is 0 Å². The second-order valence-corrected chi connectivity index (χ2v) is 9.23. The van der Waals surface area contributed by atoms with E-state index < -0.39 is 6.04 Å². The number of fused-ring (bicyclic) bond motifs is 1. The highest BCUT2D eigenvalue weighted by Gasteiger charge is 2.26. The maximum absolute atomic E-state index is 13.9. The van der Waals surface area contributed by atoms with Crippen LogP contribution in [0.2, 0.25) is 0 Å². The molecule has 3 aromatic carbocycles. The lowest BCUT2D eigenvalue weighted by molar-refractivity contribution is 0.0735. The number of methoxy groups -OCH3 is 2. The molecule has 0 aliphatic heterocycles. The SMILES string of the molecule is CCc1ccc(C(=O)N(C)C(C)c2nc3ccccc3c(=O)n2-c2cc(OC)cc(OC)c2Br)cc1. The van der Waals surface area contributed by atoms with Crippen LogP contribution in [0.3, 0.4) is 0 Å². The normalized spacial score (nSPS) is 11.8. The Morgan fingerprint density at radius 1 is 1.08 bits per heavy atom. The lowest BCUT2D eigenvalue weighted by Crippen LogP contribution is -2.35. The number of aryl methyl sites for hydroxylation is 1. The van der Waals surface area contributed by atoms with E-state index in [9.17, 15) is 9.59 Å². The summed E-state index contributed by atoms with van der Waals surface area (Å²) in [5.74, 6) is 1.27. The summed E-state index contributed by atoms with van der Waals surface area (Å²) >= 11 is 3.59. The summed E-state index contributed by atoms with van der Waals surface area (Å²) < 4.78 is 13.1. The number of hydrogen-bond acceptors (Lipinski definition) is 5. The molecule has 0 aliphatic rings. The average molecular weight is 550 g/mol. The Bertz CT molecular complexity index is 1480. The molecular weight excluding hydrogens is 522 g/mol. The summed E-state index contributed by atoms with van der Waals surface area (Å²) in [4.78, 5) is 33.7. The number of ether oxygens (including phenoxy) is 2. The van der Waals surface area contributed by atoms with Gasteiger partial charge in [0.05, 0.1) is 41.3 Å². The van der Waals surface area contributed by atoms with Gasteiger partial charge in [-0.05, 0) is 59.1 Å². The number of nitrogens with zero attached hydrogens (tertiary/aromatic N) is 3. The highest BCUT2D eigenvalue weighted by Crippen LogP contribution is 2.36. The molecule has 1 aromatic heterocycles. The largest absolute Gasteiger partial charge is 0.497 e. The maximum atomic E-state index is 13.9. The predicted octanol–water partition coefficient (Wildman–Crippen LogP) is 5.56. The Morgan fingerprint density at radius 3 is 2.42 bits per heavy atom. The van der Waals surface area contributed by atoms with Crippen molar-refractivity contribution in [3.05, 3.63) is 92.4 Å². The van der Waals surface area contributed by atoms with E-state index in [2.05, 4.69) is 22.9 Å². The molecule has 0 fully saturated rings. The lowest BCUT2D eigenvalue weighted by Gasteiger charge is -2.27. The molecule has 0 aliphatic carbocycles. The van der Waals surface area contributed by atoms with Gasteiger partial charge < -0.3 is 14.4 Å². The summed E-state index contributed by atoms with van der Waals surface area (Å²) in [7, 11) is 4.81. The summed E-state index contributed by atoms with van der Waals surface area (Å²) in [6.07, 6.45) is 0.896. The Morgan fingerprint density at radius 2 is 1.78 bits per heavy atom. The molecule has 1 heterocycles. The minimum atomic E-state index is -0.537. The molecule has 8 heteroatoms. The molecule has 0 N–H and O–H groups in total. The fourth-order valence-electron chi connectivity index (χ4n) is 4.09. The van der Waals surface area contributed by atoms with Crippen LogP contribution in [0.4, 0.5) is 0 Å². The van der Waals surface area contributed by atoms with Gasteiger partial charge in [0.2, 0.25) is 0 Å². The van der Waals surface area contributed by atoms with E-state index in [0.29, 0.717) is 43.9 Å². The van der Waals surface area contributed by atoms with Crippen LogP contribution in [0.25, 0.3) is 16.6 Å². The van der Waals surface area contributed by atoms with Gasteiger partial charge in [0, 0.05) is 24.7 Å². The molecule has 0 saturated heterocycles. The number of halogens is 1. The Kier molecular flexibility index (Phi) is 7.45. The van der Waals surface area contributed by atoms with Crippen molar-refractivity contribution in [3.8, 4) is 17.2 Å². The first-order valence-electron chi connectivity index (χ1n) is 11.6. The van der Waals surface area contributed by atoms with Crippen LogP contribution in [0, 0.1) is 0 Å². The first-order chi connectivity index (χ1) is 17.3. The minimum absolute atomic E-state index is 0.165. The smallest absolute Gasteiger partial charge is 0.266 e. The zero-order chi connectivity index (χ0) is 26.0. The van der Waals surface area contributed by atoms with E-state index >= 15 is 0 Å². The summed E-state index contributed by atoms with van der Waals surface area (Å²) in [5, 5.41) is 0.464. The predicted molar refractivity (Wildman–Crippen MR) is 144 cm³/mol. The summed E-state index contributed by atoms with van der Waals surface area (Å²) in [6.45, 7) is 3.93. The quantitative estimate of drug-likeness (QED) is 0.301. The number of rotatable bonds is 7. The third-order valence-electron chi connectivity index (χ3n) is 6.38. The molecule has 186 valence electrons. The monoisotopic (exact) mass is 549 g/mol. The van der Waals surface area contributed by atoms with Crippen molar-refractivity contribution < 1.29 is 14.3 Å². The van der Waals surface area contributed by atoms with E-state index in [1.165, 1.54) is 4.57 Å². The van der Waals surface area contributed by atoms with Crippen LogP contribution >= 0.6 is 15.9 Å². The van der Waals surface area contributed by atoms with Gasteiger partial charge in [-0.15, -0.1) is 0 Å². The first-order valence-corrected chi connectivity index (χ1v) is 12.4. The molecular formula is C28H28BrN3O4. The van der Waals surface area contributed by atoms with E-state index in [1.807, 2.05) is 37.3 Å². The molecule has 1 atom stereocenters. The van der Waals surface area contributed by atoms with Gasteiger partial charge in [-0.2, -0.15) is 0 Å². The number of carbonyl (C=O) groups excluding carboxylic acids is 1. The second-order valence-electron chi connectivity index (χ2n) is 8.43. The molecule has 0 bridgehead atoms. The van der Waals surface area contributed by atoms with Crippen LogP contribution in [0.1, 0.15) is 41.6 Å². The number of aromatic nitrogens is 2. The fourth-order valence-corrected chi connectivity index (χ4v) is 4.65. The van der Waals surface area contributed by atoms with E-state index in [0.717, 1.165) is 12.0 Å². The van der Waals surface area contributed by atoms with Crippen molar-refractivity contribution in [2.45, 2.75) is 26.3 Å². The Balaban J connectivity index is 1.92. The molecule has 7 nitrogen and oxygen atoms in total. The topological polar surface area (TPSA) is 73.7 Å². The van der Waals surface area contributed by atoms with Crippen LogP contribution in [-0.4, -0.2) is 41.6 Å². The van der Waals surface area contributed by atoms with Crippen LogP contribution in [0.5, 0.6) is 11.5 Å². The molecule has 4 rings (SSSR count). The first kappa shape index (κ1) is 25.4. The average Bonchev–Trinajstić information content (AvgIpc) is 2.92. The number of benzene rings is 3. The lowest BCUT2D eigenvalue weighted by atomic mass is 10.1. The van der Waals surface area contributed by atoms with Crippen molar-refractivity contribution in [3.63, 3.8) is 0 Å². The van der Waals surface area contributed by atoms with Crippen LogP contribution in [-0.2, 0) is 6.42 Å². The van der Waals surface area contributed by atoms with Gasteiger partial charge in [-0.3, -0.25) is 14.2 Å². The number of amides is 1. The maximum Gasteiger partial charge on any atom is 0.266 e. The van der Waals surface area contributed by atoms with Gasteiger partial charge in [-0.1, -0.05) is 31.2 Å². The molecule has 0 spiro atoms. The number of carbonyl (C=O) groups is 1. The van der Waals surface area contributed by atoms with Crippen molar-refractivity contribution >= 4 is 32.7 Å². The van der Waals surface area contributed by atoms with Crippen LogP contribution < -0.4 is 15.0 Å². The molecule has 4 aromatic rings. The highest BCUT2D eigenvalue weighted by atomic mass is 79.9. The van der Waals surface area contributed by atoms with Gasteiger partial charge >= 0.3 is 0 Å². The zero-order valence-electron chi connectivity index (χ0n) is 20.9. The molecule has 1 amide bonds. The van der Waals surface area contributed by atoms with E-state index in [1.54, 1.807) is 56.5 Å². The van der Waals surface area contributed by atoms with Gasteiger partial charge in [-0.25, -0.2) is 4.98 Å². The number of hydrogen-bond donors (Lipinski definition) is 0. The van der Waals surface area contributed by atoms with Crippen molar-refractivity contribution in [2.75, 3.05) is 21.3 Å². The van der Waals surface area contributed by atoms with E-state index in [-0.39, 0.29) is 11.5 Å². The van der Waals surface area contributed by atoms with Gasteiger partial charge in [0.25, 0.3) is 11.5 Å². The molecule has 0 saturated carbocycles. The summed E-state index contributed by atoms with van der Waals surface area (Å²) in [6, 6.07) is 17.7. The summed E-state index contributed by atoms with van der Waals surface area (Å²) in [5.41, 5.74) is 2.53. The Hall–Kier alpha value is -3.65. The fraction of sp³-hybridized carbons (Fsp3) is 0.250. The molecule has 36 heavy (non-hydrogen) atoms. The third-order valence-corrected chi connectivity index (χ3v) is 7.17. The Labute approximate surface area is 218 Å². The van der Waals surface area contributed by atoms with Crippen molar-refractivity contribution in [1.82, 2.24) is 14.5 Å². The van der Waals surface area contributed by atoms with Crippen molar-refractivity contribution in [2.24, 2.45) is 0 Å². The van der Waals surface area contributed by atoms with Crippen LogP contribution in [0.15, 0.2) is 69.9 Å². The standard InChI is InChI=1S/C28H28BrN3O4/c1-6-18-11-13-19(14-12-18)27(33)31(3)17(2)26-30-22-10-8-7-9-21(22)28(34)32(26)23-15-20(35-4)16-24(36-5)25(23)29/h7-17H,6H2,1-5H3. The zero-order valence-corrected chi connectivity index (χ0v) is 22.5. The molecule has 1 unspecified atom stereocenters. The van der Waals surface area contributed by atoms with E-state index in [4.69, 9.17) is 14.5 Å². The van der Waals surface area contributed by atoms with Gasteiger partial charge in [0.1, 0.15) is 17.3 Å². The van der Waals surface area contributed by atoms with Crippen molar-refractivity contribution in [1.29, 1.82) is 0 Å². The highest BCUT2D eigenvalue weighted by molar-refractivity contribution is 9.10.